The summed E-state index contributed by atoms with van der Waals surface area (Å²) in [6, 6.07) is 14.6. The molecule has 0 spiro atoms. The zero-order valence-electron chi connectivity index (χ0n) is 12.4. The Bertz CT molecular complexity index is 996. The Kier molecular flexibility index (Phi) is 3.51. The first-order valence-corrected chi connectivity index (χ1v) is 7.57. The van der Waals surface area contributed by atoms with E-state index in [1.54, 1.807) is 24.3 Å². The minimum absolute atomic E-state index is 0.410. The number of hydrogen-bond acceptors (Lipinski definition) is 6. The van der Waals surface area contributed by atoms with Gasteiger partial charge in [0.05, 0.1) is 0 Å². The average molecular weight is 338 g/mol. The van der Waals surface area contributed by atoms with Gasteiger partial charge in [-0.2, -0.15) is 4.98 Å². The second-order valence-electron chi connectivity index (χ2n) is 5.15. The molecule has 0 aliphatic rings. The molecule has 4 aromatic rings. The third kappa shape index (κ3) is 2.75. The number of fused-ring (bicyclic) bond motifs is 1. The quantitative estimate of drug-likeness (QED) is 0.543. The lowest BCUT2D eigenvalue weighted by molar-refractivity contribution is 0.607. The van der Waals surface area contributed by atoms with Crippen LogP contribution in [0.3, 0.4) is 0 Å². The number of anilines is 3. The summed E-state index contributed by atoms with van der Waals surface area (Å²) in [7, 11) is 0. The van der Waals surface area contributed by atoms with Crippen molar-refractivity contribution < 1.29 is 4.42 Å². The van der Waals surface area contributed by atoms with Gasteiger partial charge in [-0.3, -0.25) is 0 Å². The van der Waals surface area contributed by atoms with Crippen LogP contribution in [0, 0.1) is 0 Å². The van der Waals surface area contributed by atoms with Gasteiger partial charge in [-0.15, -0.1) is 0 Å². The molecule has 0 saturated carbocycles. The predicted molar refractivity (Wildman–Crippen MR) is 94.2 cm³/mol. The molecule has 0 amide bonds. The summed E-state index contributed by atoms with van der Waals surface area (Å²) in [6.45, 7) is 0. The normalized spacial score (nSPS) is 10.9. The van der Waals surface area contributed by atoms with E-state index in [9.17, 15) is 0 Å². The zero-order valence-corrected chi connectivity index (χ0v) is 13.2. The van der Waals surface area contributed by atoms with Crippen molar-refractivity contribution in [3.63, 3.8) is 0 Å². The molecular formula is C17H12ClN5O. The molecule has 0 saturated heterocycles. The molecule has 0 unspecified atom stereocenters. The Morgan fingerprint density at radius 1 is 0.958 bits per heavy atom. The Balaban J connectivity index is 1.74. The Morgan fingerprint density at radius 2 is 1.71 bits per heavy atom. The van der Waals surface area contributed by atoms with Crippen LogP contribution in [-0.4, -0.2) is 15.0 Å². The maximum absolute atomic E-state index is 5.90. The first-order chi connectivity index (χ1) is 11.7. The molecule has 0 aliphatic carbocycles. The van der Waals surface area contributed by atoms with Crippen molar-refractivity contribution in [3.05, 3.63) is 59.9 Å². The molecule has 2 heterocycles. The highest BCUT2D eigenvalue weighted by Crippen LogP contribution is 2.28. The number of nitrogen functional groups attached to an aromatic ring is 1. The number of nitrogens with two attached hydrogens (primary N) is 1. The second kappa shape index (κ2) is 5.82. The Morgan fingerprint density at radius 3 is 2.46 bits per heavy atom. The topological polar surface area (TPSA) is 89.9 Å². The van der Waals surface area contributed by atoms with Crippen molar-refractivity contribution in [1.82, 2.24) is 15.0 Å². The van der Waals surface area contributed by atoms with Crippen LogP contribution < -0.4 is 11.1 Å². The van der Waals surface area contributed by atoms with Gasteiger partial charge in [0.1, 0.15) is 6.33 Å². The molecule has 7 heteroatoms. The molecule has 2 aromatic carbocycles. The summed E-state index contributed by atoms with van der Waals surface area (Å²) >= 11 is 5.90. The number of rotatable bonds is 3. The average Bonchev–Trinajstić information content (AvgIpc) is 3.03. The third-order valence-electron chi connectivity index (χ3n) is 3.46. The molecule has 0 atom stereocenters. The summed E-state index contributed by atoms with van der Waals surface area (Å²) in [5.74, 6) is 1.03. The van der Waals surface area contributed by atoms with E-state index in [1.165, 1.54) is 6.33 Å². The number of nitrogens with zero attached hydrogens (tertiary/aromatic N) is 3. The lowest BCUT2D eigenvalue weighted by Crippen LogP contribution is -1.95. The van der Waals surface area contributed by atoms with Crippen molar-refractivity contribution in [2.75, 3.05) is 11.1 Å². The molecule has 0 aliphatic heterocycles. The number of hydrogen-bond donors (Lipinski definition) is 2. The highest BCUT2D eigenvalue weighted by atomic mass is 35.5. The summed E-state index contributed by atoms with van der Waals surface area (Å²) in [6.07, 6.45) is 1.43. The van der Waals surface area contributed by atoms with Crippen molar-refractivity contribution in [1.29, 1.82) is 0 Å². The SMILES string of the molecule is Nc1ccc(-c2nc3c(Nc4ccc(Cl)cc4)ncnc3o2)cc1. The van der Waals surface area contributed by atoms with Crippen molar-refractivity contribution >= 4 is 40.0 Å². The van der Waals surface area contributed by atoms with Gasteiger partial charge in [0.25, 0.3) is 5.71 Å². The fourth-order valence-electron chi connectivity index (χ4n) is 2.26. The molecule has 118 valence electrons. The largest absolute Gasteiger partial charge is 0.417 e. The van der Waals surface area contributed by atoms with Crippen molar-refractivity contribution in [3.8, 4) is 11.5 Å². The van der Waals surface area contributed by atoms with Crippen LogP contribution >= 0.6 is 11.6 Å². The van der Waals surface area contributed by atoms with Gasteiger partial charge in [0, 0.05) is 22.0 Å². The van der Waals surface area contributed by atoms with Crippen LogP contribution in [0.1, 0.15) is 0 Å². The van der Waals surface area contributed by atoms with Crippen LogP contribution in [0.4, 0.5) is 17.2 Å². The number of oxazole rings is 1. The van der Waals surface area contributed by atoms with E-state index in [1.807, 2.05) is 24.3 Å². The number of benzene rings is 2. The van der Waals surface area contributed by atoms with Crippen LogP contribution in [0.2, 0.25) is 5.02 Å². The molecule has 0 radical (unpaired) electrons. The number of halogens is 1. The lowest BCUT2D eigenvalue weighted by Gasteiger charge is -2.04. The minimum atomic E-state index is 0.410. The van der Waals surface area contributed by atoms with Gasteiger partial charge in [0.15, 0.2) is 11.3 Å². The Hall–Kier alpha value is -3.12. The molecule has 4 rings (SSSR count). The highest BCUT2D eigenvalue weighted by Gasteiger charge is 2.14. The fourth-order valence-corrected chi connectivity index (χ4v) is 2.39. The van der Waals surface area contributed by atoms with E-state index in [0.717, 1.165) is 11.3 Å². The van der Waals surface area contributed by atoms with E-state index in [2.05, 4.69) is 20.3 Å². The molecule has 0 bridgehead atoms. The first kappa shape index (κ1) is 14.5. The summed E-state index contributed by atoms with van der Waals surface area (Å²) < 4.78 is 5.73. The van der Waals surface area contributed by atoms with Crippen LogP contribution in [0.15, 0.2) is 59.3 Å². The van der Waals surface area contributed by atoms with Crippen molar-refractivity contribution in [2.24, 2.45) is 0 Å². The molecule has 24 heavy (non-hydrogen) atoms. The monoisotopic (exact) mass is 337 g/mol. The van der Waals surface area contributed by atoms with Gasteiger partial charge < -0.3 is 15.5 Å². The van der Waals surface area contributed by atoms with Crippen LogP contribution in [-0.2, 0) is 0 Å². The van der Waals surface area contributed by atoms with Crippen molar-refractivity contribution in [2.45, 2.75) is 0 Å². The maximum Gasteiger partial charge on any atom is 0.252 e. The number of nitrogens with one attached hydrogen (secondary N) is 1. The highest BCUT2D eigenvalue weighted by molar-refractivity contribution is 6.30. The predicted octanol–water partition coefficient (Wildman–Crippen LogP) is 4.26. The smallest absolute Gasteiger partial charge is 0.252 e. The van der Waals surface area contributed by atoms with E-state index in [4.69, 9.17) is 21.8 Å². The first-order valence-electron chi connectivity index (χ1n) is 7.19. The van der Waals surface area contributed by atoms with Gasteiger partial charge in [-0.1, -0.05) is 11.6 Å². The summed E-state index contributed by atoms with van der Waals surface area (Å²) in [5.41, 5.74) is 9.02. The minimum Gasteiger partial charge on any atom is -0.417 e. The summed E-state index contributed by atoms with van der Waals surface area (Å²) in [4.78, 5) is 12.9. The van der Waals surface area contributed by atoms with Crippen LogP contribution in [0.5, 0.6) is 0 Å². The van der Waals surface area contributed by atoms with Gasteiger partial charge >= 0.3 is 0 Å². The summed E-state index contributed by atoms with van der Waals surface area (Å²) in [5, 5.41) is 3.86. The third-order valence-corrected chi connectivity index (χ3v) is 3.71. The van der Waals surface area contributed by atoms with Gasteiger partial charge in [-0.05, 0) is 48.5 Å². The molecular weight excluding hydrogens is 326 g/mol. The lowest BCUT2D eigenvalue weighted by atomic mass is 10.2. The Labute approximate surface area is 142 Å². The van der Waals surface area contributed by atoms with E-state index >= 15 is 0 Å². The molecule has 2 aromatic heterocycles. The van der Waals surface area contributed by atoms with Crippen LogP contribution in [0.25, 0.3) is 22.7 Å². The van der Waals surface area contributed by atoms with Gasteiger partial charge in [-0.25, -0.2) is 9.97 Å². The molecule has 6 nitrogen and oxygen atoms in total. The maximum atomic E-state index is 5.90. The molecule has 0 fully saturated rings. The van der Waals surface area contributed by atoms with E-state index in [0.29, 0.717) is 33.6 Å². The number of aromatic nitrogens is 3. The zero-order chi connectivity index (χ0) is 16.5. The molecule has 3 N–H and O–H groups in total. The van der Waals surface area contributed by atoms with E-state index < -0.39 is 0 Å². The second-order valence-corrected chi connectivity index (χ2v) is 5.59. The fraction of sp³-hybridized carbons (Fsp3) is 0. The standard InChI is InChI=1S/C17H12ClN5O/c18-11-3-7-13(8-4-11)22-15-14-17(21-9-20-15)24-16(23-14)10-1-5-12(19)6-2-10/h1-9H,19H2,(H,20,21,22). The van der Waals surface area contributed by atoms with Gasteiger partial charge in [0.2, 0.25) is 5.89 Å². The van der Waals surface area contributed by atoms with E-state index in [-0.39, 0.29) is 0 Å².